The van der Waals surface area contributed by atoms with Gasteiger partial charge in [-0.1, -0.05) is 24.3 Å². The van der Waals surface area contributed by atoms with Gasteiger partial charge in [0.2, 0.25) is 0 Å². The topological polar surface area (TPSA) is 66.0 Å². The number of methoxy groups -OCH3 is 1. The summed E-state index contributed by atoms with van der Waals surface area (Å²) < 4.78 is 5.26. The largest absolute Gasteiger partial charge is 0.497 e. The number of rotatable bonds is 8. The molecule has 0 atom stereocenters. The van der Waals surface area contributed by atoms with Crippen molar-refractivity contribution >= 4 is 35.8 Å². The molecule has 158 valence electrons. The van der Waals surface area contributed by atoms with E-state index in [0.717, 1.165) is 36.8 Å². The fraction of sp³-hybridized carbons (Fsp3) is 0.364. The van der Waals surface area contributed by atoms with Crippen molar-refractivity contribution in [3.05, 3.63) is 65.2 Å². The van der Waals surface area contributed by atoms with Crippen molar-refractivity contribution in [2.24, 2.45) is 4.99 Å². The molecule has 2 aromatic rings. The van der Waals surface area contributed by atoms with Crippen LogP contribution in [0.25, 0.3) is 0 Å². The van der Waals surface area contributed by atoms with E-state index in [4.69, 9.17) is 4.74 Å². The van der Waals surface area contributed by atoms with Gasteiger partial charge < -0.3 is 20.3 Å². The van der Waals surface area contributed by atoms with Gasteiger partial charge in [0.15, 0.2) is 5.96 Å². The van der Waals surface area contributed by atoms with Crippen molar-refractivity contribution in [2.45, 2.75) is 19.9 Å². The van der Waals surface area contributed by atoms with Crippen LogP contribution in [-0.4, -0.2) is 51.1 Å². The second-order valence-corrected chi connectivity index (χ2v) is 6.62. The molecule has 2 aromatic carbocycles. The smallest absolute Gasteiger partial charge is 0.253 e. The predicted octanol–water partition coefficient (Wildman–Crippen LogP) is 3.31. The first-order valence-electron chi connectivity index (χ1n) is 9.49. The maximum Gasteiger partial charge on any atom is 0.253 e. The lowest BCUT2D eigenvalue weighted by Crippen LogP contribution is -2.38. The number of hydrogen-bond donors (Lipinski definition) is 2. The van der Waals surface area contributed by atoms with Crippen molar-refractivity contribution in [3.63, 3.8) is 0 Å². The van der Waals surface area contributed by atoms with Crippen LogP contribution in [0.3, 0.4) is 0 Å². The Balaban J connectivity index is 0.00000420. The van der Waals surface area contributed by atoms with Crippen molar-refractivity contribution < 1.29 is 9.53 Å². The monoisotopic (exact) mass is 510 g/mol. The van der Waals surface area contributed by atoms with Gasteiger partial charge in [-0.3, -0.25) is 4.79 Å². The molecule has 0 aliphatic heterocycles. The molecule has 0 aliphatic carbocycles. The van der Waals surface area contributed by atoms with E-state index in [1.54, 1.807) is 26.1 Å². The summed E-state index contributed by atoms with van der Waals surface area (Å²) in [6, 6.07) is 15.7. The highest BCUT2D eigenvalue weighted by molar-refractivity contribution is 14.0. The van der Waals surface area contributed by atoms with E-state index in [1.807, 2.05) is 49.4 Å². The maximum absolute atomic E-state index is 12.0. The lowest BCUT2D eigenvalue weighted by atomic mass is 10.1. The van der Waals surface area contributed by atoms with Gasteiger partial charge in [-0.05, 0) is 48.7 Å². The summed E-state index contributed by atoms with van der Waals surface area (Å²) in [6.45, 7) is 4.16. The molecular formula is C22H31IN4O2. The molecule has 0 saturated heterocycles. The minimum absolute atomic E-state index is 0. The van der Waals surface area contributed by atoms with E-state index in [2.05, 4.69) is 21.7 Å². The van der Waals surface area contributed by atoms with Crippen LogP contribution in [0.2, 0.25) is 0 Å². The average Bonchev–Trinajstić information content (AvgIpc) is 2.72. The highest BCUT2D eigenvalue weighted by Crippen LogP contribution is 2.12. The fourth-order valence-electron chi connectivity index (χ4n) is 2.68. The molecule has 7 heteroatoms. The number of ether oxygens (including phenoxy) is 1. The van der Waals surface area contributed by atoms with Crippen LogP contribution in [0.5, 0.6) is 5.75 Å². The average molecular weight is 510 g/mol. The van der Waals surface area contributed by atoms with Crippen LogP contribution in [0.1, 0.15) is 28.4 Å². The molecule has 2 rings (SSSR count). The maximum atomic E-state index is 12.0. The van der Waals surface area contributed by atoms with Gasteiger partial charge in [-0.15, -0.1) is 24.0 Å². The number of hydrogen-bond acceptors (Lipinski definition) is 3. The first kappa shape index (κ1) is 24.7. The number of nitrogens with zero attached hydrogens (tertiary/aromatic N) is 2. The number of halogens is 1. The van der Waals surface area contributed by atoms with Gasteiger partial charge in [-0.25, -0.2) is 4.99 Å². The lowest BCUT2D eigenvalue weighted by Gasteiger charge is -2.12. The predicted molar refractivity (Wildman–Crippen MR) is 129 cm³/mol. The SMILES string of the molecule is CCNC(=NCc1ccc(C(=O)N(C)C)cc1)NCCc1cccc(OC)c1.I. The minimum atomic E-state index is 0. The van der Waals surface area contributed by atoms with Crippen molar-refractivity contribution in [3.8, 4) is 5.75 Å². The Kier molecular flexibility index (Phi) is 11.1. The Morgan fingerprint density at radius 1 is 1.07 bits per heavy atom. The summed E-state index contributed by atoms with van der Waals surface area (Å²) in [5, 5.41) is 6.62. The van der Waals surface area contributed by atoms with Crippen LogP contribution in [-0.2, 0) is 13.0 Å². The van der Waals surface area contributed by atoms with E-state index < -0.39 is 0 Å². The van der Waals surface area contributed by atoms with Crippen molar-refractivity contribution in [1.82, 2.24) is 15.5 Å². The van der Waals surface area contributed by atoms with Gasteiger partial charge in [0.25, 0.3) is 5.91 Å². The second-order valence-electron chi connectivity index (χ2n) is 6.62. The molecular weight excluding hydrogens is 479 g/mol. The van der Waals surface area contributed by atoms with Crippen LogP contribution in [0, 0.1) is 0 Å². The highest BCUT2D eigenvalue weighted by atomic mass is 127. The second kappa shape index (κ2) is 13.0. The summed E-state index contributed by atoms with van der Waals surface area (Å²) in [7, 11) is 5.18. The summed E-state index contributed by atoms with van der Waals surface area (Å²) >= 11 is 0. The Morgan fingerprint density at radius 3 is 2.41 bits per heavy atom. The molecule has 2 N–H and O–H groups in total. The molecule has 0 aromatic heterocycles. The zero-order valence-corrected chi connectivity index (χ0v) is 19.9. The van der Waals surface area contributed by atoms with E-state index >= 15 is 0 Å². The number of guanidine groups is 1. The Bertz CT molecular complexity index is 792. The first-order valence-corrected chi connectivity index (χ1v) is 9.49. The van der Waals surface area contributed by atoms with E-state index in [1.165, 1.54) is 5.56 Å². The molecule has 0 saturated carbocycles. The standard InChI is InChI=1S/C22H30N4O2.HI/c1-5-23-22(24-14-13-17-7-6-8-20(15-17)28-4)25-16-18-9-11-19(12-10-18)21(27)26(2)3;/h6-12,15H,5,13-14,16H2,1-4H3,(H2,23,24,25);1H. The minimum Gasteiger partial charge on any atom is -0.497 e. The van der Waals surface area contributed by atoms with Gasteiger partial charge >= 0.3 is 0 Å². The quantitative estimate of drug-likeness (QED) is 0.325. The third-order valence-electron chi connectivity index (χ3n) is 4.21. The molecule has 6 nitrogen and oxygen atoms in total. The Labute approximate surface area is 190 Å². The zero-order valence-electron chi connectivity index (χ0n) is 17.6. The van der Waals surface area contributed by atoms with Crippen LogP contribution in [0.15, 0.2) is 53.5 Å². The summed E-state index contributed by atoms with van der Waals surface area (Å²) in [4.78, 5) is 18.2. The van der Waals surface area contributed by atoms with Crippen LogP contribution >= 0.6 is 24.0 Å². The number of aliphatic imine (C=N–C) groups is 1. The van der Waals surface area contributed by atoms with E-state index in [9.17, 15) is 4.79 Å². The molecule has 1 amide bonds. The number of nitrogens with one attached hydrogen (secondary N) is 2. The number of carbonyl (C=O) groups is 1. The normalized spacial score (nSPS) is 10.7. The van der Waals surface area contributed by atoms with Gasteiger partial charge in [0.05, 0.1) is 13.7 Å². The van der Waals surface area contributed by atoms with Gasteiger partial charge in [0, 0.05) is 32.7 Å². The first-order chi connectivity index (χ1) is 13.5. The Morgan fingerprint density at radius 2 is 1.79 bits per heavy atom. The van der Waals surface area contributed by atoms with Crippen molar-refractivity contribution in [1.29, 1.82) is 0 Å². The van der Waals surface area contributed by atoms with E-state index in [0.29, 0.717) is 12.1 Å². The lowest BCUT2D eigenvalue weighted by molar-refractivity contribution is 0.0827. The summed E-state index contributed by atoms with van der Waals surface area (Å²) in [5.74, 6) is 1.65. The number of amides is 1. The third kappa shape index (κ3) is 8.31. The van der Waals surface area contributed by atoms with Crippen molar-refractivity contribution in [2.75, 3.05) is 34.3 Å². The molecule has 0 unspecified atom stereocenters. The summed E-state index contributed by atoms with van der Waals surface area (Å²) in [5.41, 5.74) is 2.95. The van der Waals surface area contributed by atoms with Crippen LogP contribution in [0.4, 0.5) is 0 Å². The van der Waals surface area contributed by atoms with Gasteiger partial charge in [0.1, 0.15) is 5.75 Å². The Hall–Kier alpha value is -2.29. The van der Waals surface area contributed by atoms with E-state index in [-0.39, 0.29) is 29.9 Å². The van der Waals surface area contributed by atoms with Crippen LogP contribution < -0.4 is 15.4 Å². The third-order valence-corrected chi connectivity index (χ3v) is 4.21. The molecule has 0 bridgehead atoms. The highest BCUT2D eigenvalue weighted by Gasteiger charge is 2.07. The number of benzene rings is 2. The summed E-state index contributed by atoms with van der Waals surface area (Å²) in [6.07, 6.45) is 0.878. The number of carbonyl (C=O) groups excluding carboxylic acids is 1. The molecule has 0 fully saturated rings. The zero-order chi connectivity index (χ0) is 20.4. The molecule has 0 aliphatic rings. The van der Waals surface area contributed by atoms with Gasteiger partial charge in [-0.2, -0.15) is 0 Å². The fourth-order valence-corrected chi connectivity index (χ4v) is 2.68. The molecule has 0 heterocycles. The molecule has 0 spiro atoms. The molecule has 0 radical (unpaired) electrons. The molecule has 29 heavy (non-hydrogen) atoms.